The van der Waals surface area contributed by atoms with Gasteiger partial charge >= 0.3 is 5.97 Å². The van der Waals surface area contributed by atoms with E-state index in [4.69, 9.17) is 16.3 Å². The van der Waals surface area contributed by atoms with Crippen molar-refractivity contribution in [3.63, 3.8) is 0 Å². The van der Waals surface area contributed by atoms with Crippen LogP contribution >= 0.6 is 11.6 Å². The van der Waals surface area contributed by atoms with Crippen molar-refractivity contribution >= 4 is 23.4 Å². The van der Waals surface area contributed by atoms with E-state index in [-0.39, 0.29) is 11.7 Å². The summed E-state index contributed by atoms with van der Waals surface area (Å²) >= 11 is 6.03. The third-order valence-electron chi connectivity index (χ3n) is 5.98. The number of esters is 1. The Morgan fingerprint density at radius 2 is 1.63 bits per heavy atom. The number of Topliss-reactive ketones (excluding diaryl/α,β-unsaturated/α-hetero) is 1. The van der Waals surface area contributed by atoms with Gasteiger partial charge in [-0.15, -0.1) is 0 Å². The first-order valence-electron chi connectivity index (χ1n) is 10.0. The normalized spacial score (nSPS) is 21.3. The van der Waals surface area contributed by atoms with Crippen molar-refractivity contribution in [3.8, 4) is 0 Å². The minimum Gasteiger partial charge on any atom is -0.466 e. The van der Waals surface area contributed by atoms with Crippen LogP contribution in [0.2, 0.25) is 5.02 Å². The minimum atomic E-state index is -0.423. The van der Waals surface area contributed by atoms with E-state index in [0.29, 0.717) is 29.0 Å². The molecule has 30 heavy (non-hydrogen) atoms. The molecule has 0 saturated carbocycles. The van der Waals surface area contributed by atoms with Crippen molar-refractivity contribution in [2.24, 2.45) is 0 Å². The number of hydrogen-bond donors (Lipinski definition) is 1. The maximum absolute atomic E-state index is 13.4. The number of allylic oxidation sites excluding steroid dienone is 3. The van der Waals surface area contributed by atoms with Crippen LogP contribution in [-0.2, 0) is 14.3 Å². The number of halogens is 1. The molecule has 2 aromatic rings. The summed E-state index contributed by atoms with van der Waals surface area (Å²) in [6.07, 6.45) is 1.11. The zero-order valence-electron chi connectivity index (χ0n) is 17.3. The Balaban J connectivity index is 1.79. The molecule has 1 aliphatic carbocycles. The highest BCUT2D eigenvalue weighted by atomic mass is 35.5. The van der Waals surface area contributed by atoms with Crippen LogP contribution in [0.25, 0.3) is 0 Å². The Morgan fingerprint density at radius 3 is 2.27 bits per heavy atom. The van der Waals surface area contributed by atoms with Gasteiger partial charge in [0.1, 0.15) is 0 Å². The van der Waals surface area contributed by atoms with Crippen LogP contribution in [0.3, 0.4) is 0 Å². The smallest absolute Gasteiger partial charge is 0.336 e. The molecule has 1 aliphatic heterocycles. The number of aryl methyl sites for hydroxylation is 1. The average molecular weight is 422 g/mol. The predicted molar refractivity (Wildman–Crippen MR) is 117 cm³/mol. The summed E-state index contributed by atoms with van der Waals surface area (Å²) in [5, 5.41) is 4.03. The van der Waals surface area contributed by atoms with Gasteiger partial charge in [-0.2, -0.15) is 0 Å². The van der Waals surface area contributed by atoms with E-state index < -0.39 is 11.9 Å². The summed E-state index contributed by atoms with van der Waals surface area (Å²) in [5.74, 6) is -0.701. The molecule has 2 atom stereocenters. The molecule has 0 bridgehead atoms. The SMILES string of the molecule is COC(=O)C1=C(C)NC2=C(C(=O)CC(c3ccc(Cl)cc3)C2)C1c1ccc(C)cc1. The topological polar surface area (TPSA) is 55.4 Å². The Labute approximate surface area is 181 Å². The number of rotatable bonds is 3. The number of ether oxygens (including phenoxy) is 1. The maximum atomic E-state index is 13.4. The van der Waals surface area contributed by atoms with Gasteiger partial charge in [-0.05, 0) is 49.4 Å². The molecule has 0 fully saturated rings. The quantitative estimate of drug-likeness (QED) is 0.693. The Hall–Kier alpha value is -2.85. The molecule has 1 heterocycles. The van der Waals surface area contributed by atoms with Crippen LogP contribution in [0.15, 0.2) is 71.1 Å². The number of methoxy groups -OCH3 is 1. The van der Waals surface area contributed by atoms with Gasteiger partial charge in [0.2, 0.25) is 0 Å². The second-order valence-corrected chi connectivity index (χ2v) is 8.41. The number of ketones is 1. The fourth-order valence-corrected chi connectivity index (χ4v) is 4.61. The molecule has 2 unspecified atom stereocenters. The van der Waals surface area contributed by atoms with E-state index in [0.717, 1.165) is 28.1 Å². The molecule has 154 valence electrons. The van der Waals surface area contributed by atoms with Crippen molar-refractivity contribution in [2.75, 3.05) is 7.11 Å². The average Bonchev–Trinajstić information content (AvgIpc) is 2.73. The van der Waals surface area contributed by atoms with Gasteiger partial charge in [-0.1, -0.05) is 53.6 Å². The lowest BCUT2D eigenvalue weighted by Crippen LogP contribution is -2.36. The summed E-state index contributed by atoms with van der Waals surface area (Å²) < 4.78 is 5.07. The van der Waals surface area contributed by atoms with E-state index in [9.17, 15) is 9.59 Å². The molecular weight excluding hydrogens is 398 g/mol. The zero-order chi connectivity index (χ0) is 21.4. The number of carbonyl (C=O) groups excluding carboxylic acids is 2. The molecule has 4 nitrogen and oxygen atoms in total. The summed E-state index contributed by atoms with van der Waals surface area (Å²) in [6, 6.07) is 15.7. The highest BCUT2D eigenvalue weighted by Crippen LogP contribution is 2.45. The van der Waals surface area contributed by atoms with Crippen LogP contribution in [-0.4, -0.2) is 18.9 Å². The van der Waals surface area contributed by atoms with Crippen LogP contribution in [0.5, 0.6) is 0 Å². The standard InChI is InChI=1S/C25H24ClNO3/c1-14-4-6-17(7-5-14)23-22(25(29)30-3)15(2)27-20-12-18(13-21(28)24(20)23)16-8-10-19(26)11-9-16/h4-11,18,23,27H,12-13H2,1-3H3. The predicted octanol–water partition coefficient (Wildman–Crippen LogP) is 5.18. The van der Waals surface area contributed by atoms with E-state index >= 15 is 0 Å². The van der Waals surface area contributed by atoms with E-state index in [1.807, 2.05) is 62.4 Å². The van der Waals surface area contributed by atoms with Gasteiger partial charge < -0.3 is 10.1 Å². The highest BCUT2D eigenvalue weighted by molar-refractivity contribution is 6.30. The Kier molecular flexibility index (Phi) is 5.52. The molecule has 4 rings (SSSR count). The molecule has 0 amide bonds. The van der Waals surface area contributed by atoms with Crippen LogP contribution in [0.1, 0.15) is 48.3 Å². The first-order chi connectivity index (χ1) is 14.4. The monoisotopic (exact) mass is 421 g/mol. The summed E-state index contributed by atoms with van der Waals surface area (Å²) in [4.78, 5) is 26.1. The molecule has 1 N–H and O–H groups in total. The Bertz CT molecular complexity index is 1060. The summed E-state index contributed by atoms with van der Waals surface area (Å²) in [7, 11) is 1.37. The van der Waals surface area contributed by atoms with E-state index in [1.165, 1.54) is 7.11 Å². The fourth-order valence-electron chi connectivity index (χ4n) is 4.48. The third kappa shape index (κ3) is 3.68. The minimum absolute atomic E-state index is 0.0585. The van der Waals surface area contributed by atoms with E-state index in [1.54, 1.807) is 0 Å². The van der Waals surface area contributed by atoms with Crippen LogP contribution in [0.4, 0.5) is 0 Å². The highest BCUT2D eigenvalue weighted by Gasteiger charge is 2.41. The van der Waals surface area contributed by atoms with Gasteiger partial charge in [0.25, 0.3) is 0 Å². The molecule has 0 saturated heterocycles. The molecule has 0 aromatic heterocycles. The van der Waals surface area contributed by atoms with Crippen molar-refractivity contribution in [3.05, 3.63) is 92.8 Å². The number of hydrogen-bond acceptors (Lipinski definition) is 4. The maximum Gasteiger partial charge on any atom is 0.336 e. The molecule has 5 heteroatoms. The number of dihydropyridines is 1. The Morgan fingerprint density at radius 1 is 1.00 bits per heavy atom. The van der Waals surface area contributed by atoms with Crippen molar-refractivity contribution in [1.82, 2.24) is 5.32 Å². The lowest BCUT2D eigenvalue weighted by molar-refractivity contribution is -0.136. The second-order valence-electron chi connectivity index (χ2n) is 7.97. The van der Waals surface area contributed by atoms with E-state index in [2.05, 4.69) is 5.32 Å². The molecule has 2 aromatic carbocycles. The van der Waals surface area contributed by atoms with Crippen LogP contribution in [0, 0.1) is 6.92 Å². The first-order valence-corrected chi connectivity index (χ1v) is 10.4. The van der Waals surface area contributed by atoms with Gasteiger partial charge in [0.05, 0.1) is 12.7 Å². The van der Waals surface area contributed by atoms with Gasteiger partial charge in [0.15, 0.2) is 5.78 Å². The fraction of sp³-hybridized carbons (Fsp3) is 0.280. The van der Waals surface area contributed by atoms with Gasteiger partial charge in [-0.25, -0.2) is 4.79 Å². The first kappa shape index (κ1) is 20.4. The van der Waals surface area contributed by atoms with Crippen LogP contribution < -0.4 is 5.32 Å². The lowest BCUT2D eigenvalue weighted by atomic mass is 9.71. The van der Waals surface area contributed by atoms with Gasteiger partial charge in [0, 0.05) is 34.3 Å². The summed E-state index contributed by atoms with van der Waals surface area (Å²) in [6.45, 7) is 3.88. The lowest BCUT2D eigenvalue weighted by Gasteiger charge is -2.36. The van der Waals surface area contributed by atoms with Gasteiger partial charge in [-0.3, -0.25) is 4.79 Å². The zero-order valence-corrected chi connectivity index (χ0v) is 18.0. The largest absolute Gasteiger partial charge is 0.466 e. The molecule has 0 spiro atoms. The number of nitrogens with one attached hydrogen (secondary N) is 1. The molecule has 2 aliphatic rings. The second kappa shape index (κ2) is 8.11. The van der Waals surface area contributed by atoms with Crippen molar-refractivity contribution < 1.29 is 14.3 Å². The molecule has 0 radical (unpaired) electrons. The number of carbonyl (C=O) groups is 2. The third-order valence-corrected chi connectivity index (χ3v) is 6.24. The summed E-state index contributed by atoms with van der Waals surface area (Å²) in [5.41, 5.74) is 5.94. The van der Waals surface area contributed by atoms with Crippen molar-refractivity contribution in [2.45, 2.75) is 38.5 Å². The molecular formula is C25H24ClNO3. The number of benzene rings is 2. The van der Waals surface area contributed by atoms with Crippen molar-refractivity contribution in [1.29, 1.82) is 0 Å².